The molecule has 0 bridgehead atoms. The molecule has 0 spiro atoms. The summed E-state index contributed by atoms with van der Waals surface area (Å²) < 4.78 is 12.6. The summed E-state index contributed by atoms with van der Waals surface area (Å²) in [6, 6.07) is 1.66. The van der Waals surface area contributed by atoms with Crippen molar-refractivity contribution in [2.24, 2.45) is 0 Å². The van der Waals surface area contributed by atoms with Crippen molar-refractivity contribution < 1.29 is 4.39 Å². The maximum absolute atomic E-state index is 12.6. The highest BCUT2D eigenvalue weighted by molar-refractivity contribution is 5.31. The Morgan fingerprint density at radius 2 is 2.13 bits per heavy atom. The van der Waals surface area contributed by atoms with E-state index in [1.165, 1.54) is 6.20 Å². The van der Waals surface area contributed by atoms with Crippen molar-refractivity contribution in [3.63, 3.8) is 0 Å². The molecule has 0 unspecified atom stereocenters. The molecule has 0 aliphatic carbocycles. The number of nitrogens with one attached hydrogen (secondary N) is 1. The van der Waals surface area contributed by atoms with Crippen LogP contribution in [-0.2, 0) is 0 Å². The lowest BCUT2D eigenvalue weighted by Gasteiger charge is -2.17. The first-order valence-electron chi connectivity index (χ1n) is 5.21. The minimum absolute atomic E-state index is 0.537. The Morgan fingerprint density at radius 1 is 1.40 bits per heavy atom. The van der Waals surface area contributed by atoms with E-state index in [1.807, 2.05) is 0 Å². The van der Waals surface area contributed by atoms with Crippen LogP contribution in [0, 0.1) is 6.08 Å². The Morgan fingerprint density at radius 3 is 2.73 bits per heavy atom. The van der Waals surface area contributed by atoms with E-state index in [1.54, 1.807) is 6.07 Å². The van der Waals surface area contributed by atoms with Gasteiger partial charge < -0.3 is 10.2 Å². The van der Waals surface area contributed by atoms with Gasteiger partial charge in [0.2, 0.25) is 0 Å². The number of rotatable bonds is 6. The van der Waals surface area contributed by atoms with Crippen LogP contribution in [0.2, 0.25) is 0 Å². The van der Waals surface area contributed by atoms with E-state index in [2.05, 4.69) is 34.0 Å². The van der Waals surface area contributed by atoms with Crippen LogP contribution in [0.5, 0.6) is 0 Å². The first-order valence-corrected chi connectivity index (χ1v) is 5.21. The zero-order valence-corrected chi connectivity index (χ0v) is 9.20. The second-order valence-electron chi connectivity index (χ2n) is 3.16. The third-order valence-electron chi connectivity index (χ3n) is 2.25. The third kappa shape index (κ3) is 4.20. The Bertz CT molecular complexity index is 289. The molecule has 1 aromatic heterocycles. The molecule has 0 saturated heterocycles. The third-order valence-corrected chi connectivity index (χ3v) is 2.25. The van der Waals surface area contributed by atoms with Gasteiger partial charge >= 0.3 is 6.08 Å². The highest BCUT2D eigenvalue weighted by Gasteiger charge is 1.99. The second-order valence-corrected chi connectivity index (χ2v) is 3.16. The van der Waals surface area contributed by atoms with E-state index in [-0.39, 0.29) is 0 Å². The van der Waals surface area contributed by atoms with Crippen LogP contribution in [0.4, 0.5) is 10.2 Å². The molecule has 15 heavy (non-hydrogen) atoms. The smallest absolute Gasteiger partial charge is 0.310 e. The molecule has 0 atom stereocenters. The van der Waals surface area contributed by atoms with E-state index < -0.39 is 6.08 Å². The largest absolute Gasteiger partial charge is 0.369 e. The molecule has 0 aliphatic rings. The zero-order chi connectivity index (χ0) is 11.1. The van der Waals surface area contributed by atoms with Crippen molar-refractivity contribution in [2.75, 3.05) is 31.5 Å². The normalized spacial score (nSPS) is 10.7. The highest BCUT2D eigenvalue weighted by Crippen LogP contribution is 2.00. The average Bonchev–Trinajstić information content (AvgIpc) is 2.25. The van der Waals surface area contributed by atoms with E-state index in [0.717, 1.165) is 26.2 Å². The SMILES string of the molecule is CCN(CC)CCNc1ccnc(F)n1. The van der Waals surface area contributed by atoms with Crippen LogP contribution in [0.1, 0.15) is 13.8 Å². The quantitative estimate of drug-likeness (QED) is 0.723. The summed E-state index contributed by atoms with van der Waals surface area (Å²) in [7, 11) is 0. The van der Waals surface area contributed by atoms with Crippen molar-refractivity contribution in [2.45, 2.75) is 13.8 Å². The Balaban J connectivity index is 2.31. The molecule has 84 valence electrons. The summed E-state index contributed by atoms with van der Waals surface area (Å²) in [5.41, 5.74) is 0. The fraction of sp³-hybridized carbons (Fsp3) is 0.600. The number of hydrogen-bond donors (Lipinski definition) is 1. The first kappa shape index (κ1) is 11.8. The first-order chi connectivity index (χ1) is 7.26. The lowest BCUT2D eigenvalue weighted by Crippen LogP contribution is -2.28. The van der Waals surface area contributed by atoms with Crippen molar-refractivity contribution >= 4 is 5.82 Å². The van der Waals surface area contributed by atoms with Gasteiger partial charge in [0.25, 0.3) is 0 Å². The molecule has 1 rings (SSSR count). The minimum atomic E-state index is -0.692. The molecular formula is C10H17FN4. The van der Waals surface area contributed by atoms with Crippen molar-refractivity contribution in [3.8, 4) is 0 Å². The Hall–Kier alpha value is -1.23. The van der Waals surface area contributed by atoms with Gasteiger partial charge in [0, 0.05) is 19.3 Å². The predicted molar refractivity (Wildman–Crippen MR) is 58.3 cm³/mol. The van der Waals surface area contributed by atoms with Crippen LogP contribution in [0.25, 0.3) is 0 Å². The van der Waals surface area contributed by atoms with Crippen LogP contribution >= 0.6 is 0 Å². The van der Waals surface area contributed by atoms with Crippen molar-refractivity contribution in [3.05, 3.63) is 18.3 Å². The molecule has 5 heteroatoms. The summed E-state index contributed by atoms with van der Waals surface area (Å²) in [6.45, 7) is 7.98. The molecule has 4 nitrogen and oxygen atoms in total. The van der Waals surface area contributed by atoms with Crippen LogP contribution in [0.3, 0.4) is 0 Å². The number of halogens is 1. The van der Waals surface area contributed by atoms with Gasteiger partial charge in [-0.25, -0.2) is 4.98 Å². The molecule has 0 aromatic carbocycles. The van der Waals surface area contributed by atoms with E-state index in [4.69, 9.17) is 0 Å². The average molecular weight is 212 g/mol. The molecule has 1 aromatic rings. The molecule has 0 fully saturated rings. The number of likely N-dealkylation sites (N-methyl/N-ethyl adjacent to an activating group) is 1. The Kier molecular flexibility index (Phi) is 4.97. The molecule has 0 saturated carbocycles. The number of nitrogens with zero attached hydrogens (tertiary/aromatic N) is 3. The molecule has 0 radical (unpaired) electrons. The molecular weight excluding hydrogens is 195 g/mol. The van der Waals surface area contributed by atoms with Gasteiger partial charge in [-0.2, -0.15) is 9.37 Å². The maximum atomic E-state index is 12.6. The van der Waals surface area contributed by atoms with Crippen LogP contribution in [-0.4, -0.2) is 41.0 Å². The van der Waals surface area contributed by atoms with E-state index >= 15 is 0 Å². The maximum Gasteiger partial charge on any atom is 0.310 e. The Labute approximate surface area is 89.5 Å². The van der Waals surface area contributed by atoms with E-state index in [9.17, 15) is 4.39 Å². The van der Waals surface area contributed by atoms with Gasteiger partial charge in [0.15, 0.2) is 0 Å². The summed E-state index contributed by atoms with van der Waals surface area (Å²) in [4.78, 5) is 9.28. The topological polar surface area (TPSA) is 41.0 Å². The molecule has 1 N–H and O–H groups in total. The molecule has 0 aliphatic heterocycles. The lowest BCUT2D eigenvalue weighted by atomic mass is 10.4. The van der Waals surface area contributed by atoms with Crippen molar-refractivity contribution in [1.29, 1.82) is 0 Å². The van der Waals surface area contributed by atoms with Crippen LogP contribution < -0.4 is 5.32 Å². The number of hydrogen-bond acceptors (Lipinski definition) is 4. The highest BCUT2D eigenvalue weighted by atomic mass is 19.1. The fourth-order valence-electron chi connectivity index (χ4n) is 1.32. The van der Waals surface area contributed by atoms with Gasteiger partial charge in [-0.05, 0) is 19.2 Å². The lowest BCUT2D eigenvalue weighted by molar-refractivity contribution is 0.316. The molecule has 1 heterocycles. The van der Waals surface area contributed by atoms with E-state index in [0.29, 0.717) is 5.82 Å². The van der Waals surface area contributed by atoms with Gasteiger partial charge in [0.1, 0.15) is 5.82 Å². The predicted octanol–water partition coefficient (Wildman–Crippen LogP) is 1.37. The van der Waals surface area contributed by atoms with Gasteiger partial charge in [-0.15, -0.1) is 0 Å². The summed E-state index contributed by atoms with van der Waals surface area (Å²) in [5, 5.41) is 3.05. The minimum Gasteiger partial charge on any atom is -0.369 e. The molecule has 0 amide bonds. The fourth-order valence-corrected chi connectivity index (χ4v) is 1.32. The number of anilines is 1. The zero-order valence-electron chi connectivity index (χ0n) is 9.20. The second kappa shape index (κ2) is 6.29. The standard InChI is InChI=1S/C10H17FN4/c1-3-15(4-2)8-7-12-9-5-6-13-10(11)14-9/h5-6H,3-4,7-8H2,1-2H3,(H,12,13,14). The summed E-state index contributed by atoms with van der Waals surface area (Å²) in [6.07, 6.45) is 0.713. The van der Waals surface area contributed by atoms with Crippen molar-refractivity contribution in [1.82, 2.24) is 14.9 Å². The number of aromatic nitrogens is 2. The van der Waals surface area contributed by atoms with Gasteiger partial charge in [-0.1, -0.05) is 13.8 Å². The van der Waals surface area contributed by atoms with Crippen LogP contribution in [0.15, 0.2) is 12.3 Å². The summed E-state index contributed by atoms with van der Waals surface area (Å²) >= 11 is 0. The van der Waals surface area contributed by atoms with Gasteiger partial charge in [-0.3, -0.25) is 0 Å². The summed E-state index contributed by atoms with van der Waals surface area (Å²) in [5.74, 6) is 0.537. The van der Waals surface area contributed by atoms with Gasteiger partial charge in [0.05, 0.1) is 0 Å². The monoisotopic (exact) mass is 212 g/mol.